The summed E-state index contributed by atoms with van der Waals surface area (Å²) in [6.07, 6.45) is 0.806. The van der Waals surface area contributed by atoms with Crippen LogP contribution in [0, 0.1) is 20.8 Å². The minimum absolute atomic E-state index is 0.234. The van der Waals surface area contributed by atoms with Crippen LogP contribution < -0.4 is 10.1 Å². The topological polar surface area (TPSA) is 64.6 Å². The van der Waals surface area contributed by atoms with Gasteiger partial charge in [0.2, 0.25) is 0 Å². The van der Waals surface area contributed by atoms with Gasteiger partial charge in [0.25, 0.3) is 5.91 Å². The maximum absolute atomic E-state index is 12.1. The first-order valence-electron chi connectivity index (χ1n) is 8.65. The second-order valence-corrected chi connectivity index (χ2v) is 6.16. The van der Waals surface area contributed by atoms with Gasteiger partial charge >= 0.3 is 5.97 Å². The Kier molecular flexibility index (Phi) is 6.78. The normalized spacial score (nSPS) is 10.3. The first-order valence-corrected chi connectivity index (χ1v) is 8.65. The van der Waals surface area contributed by atoms with Gasteiger partial charge in [-0.05, 0) is 55.5 Å². The molecule has 2 aromatic rings. The second-order valence-electron chi connectivity index (χ2n) is 6.16. The van der Waals surface area contributed by atoms with Crippen molar-refractivity contribution in [3.63, 3.8) is 0 Å². The average Bonchev–Trinajstić information content (AvgIpc) is 2.63. The average molecular weight is 355 g/mol. The minimum Gasteiger partial charge on any atom is -0.482 e. The van der Waals surface area contributed by atoms with E-state index in [-0.39, 0.29) is 19.1 Å². The summed E-state index contributed by atoms with van der Waals surface area (Å²) in [6.45, 7) is 7.28. The van der Waals surface area contributed by atoms with Crippen LogP contribution in [0.2, 0.25) is 0 Å². The smallest absolute Gasteiger partial charge is 0.344 e. The Balaban J connectivity index is 1.84. The highest BCUT2D eigenvalue weighted by Crippen LogP contribution is 2.21. The third kappa shape index (κ3) is 5.09. The van der Waals surface area contributed by atoms with E-state index in [2.05, 4.69) is 5.32 Å². The third-order valence-electron chi connectivity index (χ3n) is 4.27. The molecule has 2 rings (SSSR count). The van der Waals surface area contributed by atoms with Crippen molar-refractivity contribution in [1.29, 1.82) is 0 Å². The lowest BCUT2D eigenvalue weighted by atomic mass is 10.1. The highest BCUT2D eigenvalue weighted by Gasteiger charge is 2.12. The Bertz CT molecular complexity index is 799. The van der Waals surface area contributed by atoms with Gasteiger partial charge in [-0.15, -0.1) is 0 Å². The molecule has 0 unspecified atom stereocenters. The van der Waals surface area contributed by atoms with Gasteiger partial charge < -0.3 is 14.8 Å². The van der Waals surface area contributed by atoms with E-state index in [0.717, 1.165) is 34.4 Å². The van der Waals surface area contributed by atoms with Crippen LogP contribution in [0.5, 0.6) is 5.75 Å². The summed E-state index contributed by atoms with van der Waals surface area (Å²) in [7, 11) is 0. The van der Waals surface area contributed by atoms with Crippen LogP contribution in [0.4, 0.5) is 5.69 Å². The standard InChI is InChI=1S/C21H25NO4/c1-5-17-10-6-9-15(3)21(17)22-19(23)12-26-20(24)13-25-18-11-7-8-14(2)16(18)4/h6-11H,5,12-13H2,1-4H3,(H,22,23). The van der Waals surface area contributed by atoms with Gasteiger partial charge in [-0.2, -0.15) is 0 Å². The maximum atomic E-state index is 12.1. The molecule has 2 aromatic carbocycles. The molecule has 0 aliphatic heterocycles. The van der Waals surface area contributed by atoms with Gasteiger partial charge in [-0.3, -0.25) is 4.79 Å². The summed E-state index contributed by atoms with van der Waals surface area (Å²) in [5.74, 6) is -0.311. The number of nitrogens with one attached hydrogen (secondary N) is 1. The van der Waals surface area contributed by atoms with E-state index in [9.17, 15) is 9.59 Å². The molecule has 0 spiro atoms. The number of carbonyl (C=O) groups is 2. The number of para-hydroxylation sites is 1. The molecule has 26 heavy (non-hydrogen) atoms. The lowest BCUT2D eigenvalue weighted by molar-refractivity contribution is -0.149. The number of benzene rings is 2. The molecule has 1 N–H and O–H groups in total. The quantitative estimate of drug-likeness (QED) is 0.769. The highest BCUT2D eigenvalue weighted by molar-refractivity contribution is 5.94. The Hall–Kier alpha value is -2.82. The van der Waals surface area contributed by atoms with Crippen LogP contribution in [0.15, 0.2) is 36.4 Å². The molecular weight excluding hydrogens is 330 g/mol. The van der Waals surface area contributed by atoms with Crippen LogP contribution in [0.1, 0.15) is 29.2 Å². The van der Waals surface area contributed by atoms with E-state index < -0.39 is 5.97 Å². The molecule has 0 fully saturated rings. The van der Waals surface area contributed by atoms with Gasteiger partial charge in [0.05, 0.1) is 0 Å². The lowest BCUT2D eigenvalue weighted by Gasteiger charge is -2.13. The molecule has 0 aliphatic rings. The van der Waals surface area contributed by atoms with Crippen molar-refractivity contribution in [2.75, 3.05) is 18.5 Å². The van der Waals surface area contributed by atoms with E-state index in [0.29, 0.717) is 5.75 Å². The number of ether oxygens (including phenoxy) is 2. The monoisotopic (exact) mass is 355 g/mol. The number of carbonyl (C=O) groups excluding carboxylic acids is 2. The van der Waals surface area contributed by atoms with Crippen molar-refractivity contribution in [1.82, 2.24) is 0 Å². The van der Waals surface area contributed by atoms with E-state index in [1.165, 1.54) is 0 Å². The fourth-order valence-corrected chi connectivity index (χ4v) is 2.58. The largest absolute Gasteiger partial charge is 0.482 e. The molecule has 5 heteroatoms. The van der Waals surface area contributed by atoms with Crippen molar-refractivity contribution in [2.24, 2.45) is 0 Å². The van der Waals surface area contributed by atoms with Gasteiger partial charge in [0.1, 0.15) is 5.75 Å². The molecular formula is C21H25NO4. The zero-order valence-electron chi connectivity index (χ0n) is 15.7. The number of hydrogen-bond acceptors (Lipinski definition) is 4. The number of rotatable bonds is 7. The molecule has 0 radical (unpaired) electrons. The Labute approximate surface area is 154 Å². The molecule has 138 valence electrons. The van der Waals surface area contributed by atoms with Crippen molar-refractivity contribution >= 4 is 17.6 Å². The summed E-state index contributed by atoms with van der Waals surface area (Å²) >= 11 is 0. The summed E-state index contributed by atoms with van der Waals surface area (Å²) in [5, 5.41) is 2.82. The fraction of sp³-hybridized carbons (Fsp3) is 0.333. The molecule has 0 aliphatic carbocycles. The number of hydrogen-bond donors (Lipinski definition) is 1. The van der Waals surface area contributed by atoms with Crippen molar-refractivity contribution in [3.05, 3.63) is 58.7 Å². The van der Waals surface area contributed by atoms with E-state index in [1.807, 2.05) is 58.0 Å². The second kappa shape index (κ2) is 9.04. The molecule has 0 saturated heterocycles. The predicted octanol–water partition coefficient (Wildman–Crippen LogP) is 3.73. The Morgan fingerprint density at radius 3 is 2.38 bits per heavy atom. The zero-order chi connectivity index (χ0) is 19.1. The van der Waals surface area contributed by atoms with E-state index in [4.69, 9.17) is 9.47 Å². The van der Waals surface area contributed by atoms with Gasteiger partial charge in [-0.25, -0.2) is 4.79 Å². The van der Waals surface area contributed by atoms with Crippen molar-refractivity contribution < 1.29 is 19.1 Å². The minimum atomic E-state index is -0.582. The Morgan fingerprint density at radius 2 is 1.65 bits per heavy atom. The lowest BCUT2D eigenvalue weighted by Crippen LogP contribution is -2.24. The number of amides is 1. The van der Waals surface area contributed by atoms with Crippen LogP contribution >= 0.6 is 0 Å². The predicted molar refractivity (Wildman–Crippen MR) is 102 cm³/mol. The number of esters is 1. The SMILES string of the molecule is CCc1cccc(C)c1NC(=O)COC(=O)COc1cccc(C)c1C. The maximum Gasteiger partial charge on any atom is 0.344 e. The molecule has 1 amide bonds. The van der Waals surface area contributed by atoms with Crippen LogP contribution in [-0.4, -0.2) is 25.1 Å². The number of aryl methyl sites for hydroxylation is 3. The molecule has 0 heterocycles. The van der Waals surface area contributed by atoms with E-state index in [1.54, 1.807) is 6.07 Å². The molecule has 0 atom stereocenters. The van der Waals surface area contributed by atoms with Gasteiger partial charge in [0.15, 0.2) is 13.2 Å². The Morgan fingerprint density at radius 1 is 0.962 bits per heavy atom. The van der Waals surface area contributed by atoms with Crippen molar-refractivity contribution in [3.8, 4) is 5.75 Å². The van der Waals surface area contributed by atoms with Crippen LogP contribution in [-0.2, 0) is 20.7 Å². The first-order chi connectivity index (χ1) is 12.4. The molecule has 5 nitrogen and oxygen atoms in total. The third-order valence-corrected chi connectivity index (χ3v) is 4.27. The van der Waals surface area contributed by atoms with Crippen molar-refractivity contribution in [2.45, 2.75) is 34.1 Å². The zero-order valence-corrected chi connectivity index (χ0v) is 15.7. The highest BCUT2D eigenvalue weighted by atomic mass is 16.6. The number of anilines is 1. The summed E-state index contributed by atoms with van der Waals surface area (Å²) < 4.78 is 10.5. The molecule has 0 aromatic heterocycles. The summed E-state index contributed by atoms with van der Waals surface area (Å²) in [6, 6.07) is 11.5. The van der Waals surface area contributed by atoms with E-state index >= 15 is 0 Å². The summed E-state index contributed by atoms with van der Waals surface area (Å²) in [5.41, 5.74) is 4.86. The fourth-order valence-electron chi connectivity index (χ4n) is 2.58. The molecule has 0 bridgehead atoms. The first kappa shape index (κ1) is 19.5. The molecule has 0 saturated carbocycles. The van der Waals surface area contributed by atoms with Crippen LogP contribution in [0.3, 0.4) is 0 Å². The van der Waals surface area contributed by atoms with Gasteiger partial charge in [-0.1, -0.05) is 37.3 Å². The van der Waals surface area contributed by atoms with Gasteiger partial charge in [0, 0.05) is 5.69 Å². The summed E-state index contributed by atoms with van der Waals surface area (Å²) in [4.78, 5) is 23.9. The van der Waals surface area contributed by atoms with Crippen LogP contribution in [0.25, 0.3) is 0 Å².